The number of hydrogen-bond acceptors (Lipinski definition) is 3. The van der Waals surface area contributed by atoms with Gasteiger partial charge in [-0.15, -0.1) is 0 Å². The summed E-state index contributed by atoms with van der Waals surface area (Å²) in [6.07, 6.45) is 3.26. The highest BCUT2D eigenvalue weighted by molar-refractivity contribution is 6.02. The minimum Gasteiger partial charge on any atom is -0.354 e. The van der Waals surface area contributed by atoms with Gasteiger partial charge in [0.2, 0.25) is 5.91 Å². The van der Waals surface area contributed by atoms with Crippen LogP contribution >= 0.6 is 0 Å². The van der Waals surface area contributed by atoms with Gasteiger partial charge in [0, 0.05) is 36.3 Å². The molecule has 6 nitrogen and oxygen atoms in total. The van der Waals surface area contributed by atoms with Crippen LogP contribution in [0.25, 0.3) is 0 Å². The summed E-state index contributed by atoms with van der Waals surface area (Å²) < 4.78 is 0. The van der Waals surface area contributed by atoms with E-state index in [9.17, 15) is 14.4 Å². The normalized spacial score (nSPS) is 15.4. The standard InChI is InChI=1S/C20H31N3O3/c1-6-15(7-2)20(26)23-10-8-16(9-11-23)22-19(25)18-12(3)17(14(5)24)13(4)21-18/h15-16,21H,6-11H2,1-5H3,(H,22,25). The molecular weight excluding hydrogens is 330 g/mol. The summed E-state index contributed by atoms with van der Waals surface area (Å²) in [4.78, 5) is 41.8. The van der Waals surface area contributed by atoms with Crippen molar-refractivity contribution in [3.05, 3.63) is 22.5 Å². The summed E-state index contributed by atoms with van der Waals surface area (Å²) in [5, 5.41) is 3.05. The van der Waals surface area contributed by atoms with Crippen LogP contribution in [0.15, 0.2) is 0 Å². The number of Topliss-reactive ketones (excluding diaryl/α,β-unsaturated/α-hetero) is 1. The second-order valence-electron chi connectivity index (χ2n) is 7.27. The fourth-order valence-electron chi connectivity index (χ4n) is 3.90. The zero-order valence-electron chi connectivity index (χ0n) is 16.6. The van der Waals surface area contributed by atoms with Crippen LogP contribution in [0.2, 0.25) is 0 Å². The first-order valence-electron chi connectivity index (χ1n) is 9.59. The molecule has 2 rings (SSSR count). The Morgan fingerprint density at radius 3 is 2.19 bits per heavy atom. The van der Waals surface area contributed by atoms with Crippen molar-refractivity contribution < 1.29 is 14.4 Å². The lowest BCUT2D eigenvalue weighted by Crippen LogP contribution is -2.48. The second-order valence-corrected chi connectivity index (χ2v) is 7.27. The van der Waals surface area contributed by atoms with E-state index in [1.54, 1.807) is 6.92 Å². The molecule has 0 atom stereocenters. The lowest BCUT2D eigenvalue weighted by molar-refractivity contribution is -0.136. The summed E-state index contributed by atoms with van der Waals surface area (Å²) in [6, 6.07) is 0.0528. The molecule has 1 aliphatic heterocycles. The predicted molar refractivity (Wildman–Crippen MR) is 101 cm³/mol. The van der Waals surface area contributed by atoms with E-state index in [0.29, 0.717) is 29.9 Å². The Kier molecular flexibility index (Phi) is 6.62. The van der Waals surface area contributed by atoms with Crippen molar-refractivity contribution in [2.24, 2.45) is 5.92 Å². The predicted octanol–water partition coefficient (Wildman–Crippen LogP) is 2.99. The van der Waals surface area contributed by atoms with Crippen molar-refractivity contribution in [2.75, 3.05) is 13.1 Å². The molecule has 1 aliphatic rings. The molecule has 0 aromatic carbocycles. The second kappa shape index (κ2) is 8.52. The number of hydrogen-bond donors (Lipinski definition) is 2. The Morgan fingerprint density at radius 2 is 1.73 bits per heavy atom. The third-order valence-corrected chi connectivity index (χ3v) is 5.49. The first kappa shape index (κ1) is 20.2. The summed E-state index contributed by atoms with van der Waals surface area (Å²) in [5.41, 5.74) is 2.49. The first-order chi connectivity index (χ1) is 12.3. The lowest BCUT2D eigenvalue weighted by Gasteiger charge is -2.34. The minimum absolute atomic E-state index is 0.0384. The quantitative estimate of drug-likeness (QED) is 0.764. The molecular formula is C20H31N3O3. The fourth-order valence-corrected chi connectivity index (χ4v) is 3.90. The van der Waals surface area contributed by atoms with Crippen LogP contribution in [0.3, 0.4) is 0 Å². The SMILES string of the molecule is CCC(CC)C(=O)N1CCC(NC(=O)c2[nH]c(C)c(C(C)=O)c2C)CC1. The highest BCUT2D eigenvalue weighted by Crippen LogP contribution is 2.20. The van der Waals surface area contributed by atoms with Crippen molar-refractivity contribution in [2.45, 2.75) is 66.3 Å². The van der Waals surface area contributed by atoms with E-state index >= 15 is 0 Å². The summed E-state index contributed by atoms with van der Waals surface area (Å²) in [6.45, 7) is 10.6. The number of aryl methyl sites for hydroxylation is 1. The monoisotopic (exact) mass is 361 g/mol. The van der Waals surface area contributed by atoms with Gasteiger partial charge in [-0.25, -0.2) is 0 Å². The van der Waals surface area contributed by atoms with Crippen LogP contribution in [-0.2, 0) is 4.79 Å². The van der Waals surface area contributed by atoms with E-state index in [1.807, 2.05) is 11.8 Å². The van der Waals surface area contributed by atoms with E-state index in [0.717, 1.165) is 31.4 Å². The topological polar surface area (TPSA) is 82.3 Å². The number of carbonyl (C=O) groups excluding carboxylic acids is 3. The maximum Gasteiger partial charge on any atom is 0.268 e. The van der Waals surface area contributed by atoms with Gasteiger partial charge >= 0.3 is 0 Å². The van der Waals surface area contributed by atoms with Gasteiger partial charge in [0.1, 0.15) is 5.69 Å². The van der Waals surface area contributed by atoms with E-state index in [-0.39, 0.29) is 29.6 Å². The van der Waals surface area contributed by atoms with Crippen molar-refractivity contribution in [1.82, 2.24) is 15.2 Å². The molecule has 2 amide bonds. The average molecular weight is 361 g/mol. The van der Waals surface area contributed by atoms with Gasteiger partial charge in [0.25, 0.3) is 5.91 Å². The maximum absolute atomic E-state index is 12.6. The Hall–Kier alpha value is -2.11. The van der Waals surface area contributed by atoms with Gasteiger partial charge in [-0.3, -0.25) is 14.4 Å². The number of rotatable bonds is 6. The number of aromatic amines is 1. The Balaban J connectivity index is 1.96. The molecule has 6 heteroatoms. The molecule has 1 aromatic heterocycles. The van der Waals surface area contributed by atoms with Crippen LogP contribution < -0.4 is 5.32 Å². The number of carbonyl (C=O) groups is 3. The van der Waals surface area contributed by atoms with Crippen molar-refractivity contribution >= 4 is 17.6 Å². The highest BCUT2D eigenvalue weighted by atomic mass is 16.2. The molecule has 0 radical (unpaired) electrons. The fraction of sp³-hybridized carbons (Fsp3) is 0.650. The van der Waals surface area contributed by atoms with Crippen molar-refractivity contribution in [3.63, 3.8) is 0 Å². The largest absolute Gasteiger partial charge is 0.354 e. The molecule has 0 unspecified atom stereocenters. The number of H-pyrrole nitrogens is 1. The molecule has 0 bridgehead atoms. The van der Waals surface area contributed by atoms with E-state index in [1.165, 1.54) is 6.92 Å². The number of nitrogens with zero attached hydrogens (tertiary/aromatic N) is 1. The highest BCUT2D eigenvalue weighted by Gasteiger charge is 2.28. The minimum atomic E-state index is -0.178. The zero-order valence-corrected chi connectivity index (χ0v) is 16.6. The summed E-state index contributed by atoms with van der Waals surface area (Å²) >= 11 is 0. The number of ketones is 1. The Morgan fingerprint density at radius 1 is 1.15 bits per heavy atom. The lowest BCUT2D eigenvalue weighted by atomic mass is 9.98. The van der Waals surface area contributed by atoms with Crippen LogP contribution in [0.5, 0.6) is 0 Å². The smallest absolute Gasteiger partial charge is 0.268 e. The number of piperidine rings is 1. The van der Waals surface area contributed by atoms with Crippen LogP contribution in [0, 0.1) is 19.8 Å². The molecule has 0 spiro atoms. The van der Waals surface area contributed by atoms with E-state index < -0.39 is 0 Å². The Bertz CT molecular complexity index is 681. The van der Waals surface area contributed by atoms with Gasteiger partial charge in [-0.1, -0.05) is 13.8 Å². The molecule has 1 saturated heterocycles. The van der Waals surface area contributed by atoms with Crippen molar-refractivity contribution in [1.29, 1.82) is 0 Å². The van der Waals surface area contributed by atoms with Gasteiger partial charge < -0.3 is 15.2 Å². The maximum atomic E-state index is 12.6. The van der Waals surface area contributed by atoms with Crippen molar-refractivity contribution in [3.8, 4) is 0 Å². The zero-order chi connectivity index (χ0) is 19.4. The molecule has 1 aromatic rings. The number of amides is 2. The molecule has 0 aliphatic carbocycles. The molecule has 0 saturated carbocycles. The van der Waals surface area contributed by atoms with E-state index in [2.05, 4.69) is 24.1 Å². The number of aromatic nitrogens is 1. The first-order valence-corrected chi connectivity index (χ1v) is 9.59. The average Bonchev–Trinajstić information content (AvgIpc) is 2.91. The van der Waals surface area contributed by atoms with E-state index in [4.69, 9.17) is 0 Å². The van der Waals surface area contributed by atoms with Gasteiger partial charge in [0.15, 0.2) is 5.78 Å². The van der Waals surface area contributed by atoms with Crippen LogP contribution in [-0.4, -0.2) is 46.6 Å². The van der Waals surface area contributed by atoms with Gasteiger partial charge in [0.05, 0.1) is 0 Å². The molecule has 26 heavy (non-hydrogen) atoms. The van der Waals surface area contributed by atoms with Gasteiger partial charge in [-0.2, -0.15) is 0 Å². The Labute approximate surface area is 155 Å². The number of likely N-dealkylation sites (tertiary alicyclic amines) is 1. The third-order valence-electron chi connectivity index (χ3n) is 5.49. The van der Waals surface area contributed by atoms with Crippen LogP contribution in [0.1, 0.15) is 78.6 Å². The summed E-state index contributed by atoms with van der Waals surface area (Å²) in [7, 11) is 0. The molecule has 2 N–H and O–H groups in total. The number of nitrogens with one attached hydrogen (secondary N) is 2. The molecule has 144 valence electrons. The molecule has 1 fully saturated rings. The molecule has 2 heterocycles. The summed E-state index contributed by atoms with van der Waals surface area (Å²) in [5.74, 6) is 0.129. The van der Waals surface area contributed by atoms with Crippen LogP contribution in [0.4, 0.5) is 0 Å². The van der Waals surface area contributed by atoms with Gasteiger partial charge in [-0.05, 0) is 52.0 Å². The third kappa shape index (κ3) is 4.17.